The number of anilines is 4. The summed E-state index contributed by atoms with van der Waals surface area (Å²) in [4.78, 5) is 8.65. The molecule has 0 bridgehead atoms. The van der Waals surface area contributed by atoms with Crippen LogP contribution in [0.4, 0.5) is 23.1 Å². The van der Waals surface area contributed by atoms with E-state index in [1.165, 1.54) is 0 Å². The van der Waals surface area contributed by atoms with Crippen LogP contribution < -0.4 is 20.1 Å². The molecule has 0 saturated carbocycles. The molecule has 0 unspecified atom stereocenters. The summed E-state index contributed by atoms with van der Waals surface area (Å²) < 4.78 is 10.6. The Morgan fingerprint density at radius 2 is 1.73 bits per heavy atom. The van der Waals surface area contributed by atoms with Crippen LogP contribution in [0, 0.1) is 0 Å². The Labute approximate surface area is 161 Å². The summed E-state index contributed by atoms with van der Waals surface area (Å²) in [6, 6.07) is 12.5. The van der Waals surface area contributed by atoms with Crippen LogP contribution in [0.3, 0.4) is 0 Å². The topological polar surface area (TPSA) is 68.3 Å². The van der Waals surface area contributed by atoms with Gasteiger partial charge in [0.15, 0.2) is 0 Å². The molecule has 2 N–H and O–H groups in total. The molecule has 8 heteroatoms. The molecule has 0 aliphatic heterocycles. The molecular weight excluding hydrogens is 375 g/mol. The summed E-state index contributed by atoms with van der Waals surface area (Å²) in [5.74, 6) is 2.10. The minimum absolute atomic E-state index is 0.428. The van der Waals surface area contributed by atoms with E-state index in [4.69, 9.17) is 32.7 Å². The number of hydrogen-bond acceptors (Lipinski definition) is 6. The van der Waals surface area contributed by atoms with Crippen LogP contribution in [0.5, 0.6) is 11.5 Å². The molecule has 0 aliphatic rings. The van der Waals surface area contributed by atoms with Crippen LogP contribution in [0.25, 0.3) is 0 Å². The van der Waals surface area contributed by atoms with Crippen molar-refractivity contribution in [1.29, 1.82) is 0 Å². The van der Waals surface area contributed by atoms with Crippen molar-refractivity contribution in [2.75, 3.05) is 24.9 Å². The Balaban J connectivity index is 1.85. The number of halogens is 2. The molecule has 0 spiro atoms. The van der Waals surface area contributed by atoms with Crippen molar-refractivity contribution in [2.24, 2.45) is 0 Å². The van der Waals surface area contributed by atoms with Gasteiger partial charge in [-0.3, -0.25) is 0 Å². The predicted octanol–water partition coefficient (Wildman–Crippen LogP) is 5.29. The SMILES string of the molecule is COc1cc(Nc2ccnc(Nc3cccc(Cl)c3)n2)c(OC)cc1Cl. The molecule has 3 aromatic rings. The van der Waals surface area contributed by atoms with Crippen molar-refractivity contribution >= 4 is 46.3 Å². The average Bonchev–Trinajstić information content (AvgIpc) is 2.63. The lowest BCUT2D eigenvalue weighted by Crippen LogP contribution is -2.02. The Bertz CT molecular complexity index is 921. The van der Waals surface area contributed by atoms with E-state index in [1.807, 2.05) is 12.1 Å². The molecule has 0 fully saturated rings. The van der Waals surface area contributed by atoms with Gasteiger partial charge >= 0.3 is 0 Å². The van der Waals surface area contributed by atoms with E-state index in [0.29, 0.717) is 39.0 Å². The Kier molecular flexibility index (Phi) is 5.65. The molecule has 0 amide bonds. The lowest BCUT2D eigenvalue weighted by atomic mass is 10.2. The normalized spacial score (nSPS) is 10.3. The van der Waals surface area contributed by atoms with Gasteiger partial charge in [0.2, 0.25) is 5.95 Å². The second-order valence-electron chi connectivity index (χ2n) is 5.21. The Morgan fingerprint density at radius 1 is 0.923 bits per heavy atom. The van der Waals surface area contributed by atoms with Gasteiger partial charge in [-0.05, 0) is 24.3 Å². The van der Waals surface area contributed by atoms with Gasteiger partial charge in [0.1, 0.15) is 17.3 Å². The fraction of sp³-hybridized carbons (Fsp3) is 0.111. The number of nitrogens with one attached hydrogen (secondary N) is 2. The van der Waals surface area contributed by atoms with Gasteiger partial charge < -0.3 is 20.1 Å². The number of methoxy groups -OCH3 is 2. The number of aromatic nitrogens is 2. The first-order chi connectivity index (χ1) is 12.6. The van der Waals surface area contributed by atoms with Crippen molar-refractivity contribution in [2.45, 2.75) is 0 Å². The van der Waals surface area contributed by atoms with Crippen LogP contribution in [-0.4, -0.2) is 24.2 Å². The smallest absolute Gasteiger partial charge is 0.229 e. The number of hydrogen-bond donors (Lipinski definition) is 2. The van der Waals surface area contributed by atoms with Gasteiger partial charge in [0.05, 0.1) is 24.9 Å². The molecule has 1 heterocycles. The summed E-state index contributed by atoms with van der Waals surface area (Å²) in [6.07, 6.45) is 1.64. The molecule has 134 valence electrons. The van der Waals surface area contributed by atoms with E-state index >= 15 is 0 Å². The largest absolute Gasteiger partial charge is 0.495 e. The zero-order valence-corrected chi connectivity index (χ0v) is 15.6. The van der Waals surface area contributed by atoms with Crippen molar-refractivity contribution in [1.82, 2.24) is 9.97 Å². The van der Waals surface area contributed by atoms with Crippen LogP contribution in [0.2, 0.25) is 10.0 Å². The molecular formula is C18H16Cl2N4O2. The summed E-state index contributed by atoms with van der Waals surface area (Å²) >= 11 is 12.1. The average molecular weight is 391 g/mol. The van der Waals surface area contributed by atoms with E-state index in [0.717, 1.165) is 5.69 Å². The van der Waals surface area contributed by atoms with E-state index < -0.39 is 0 Å². The lowest BCUT2D eigenvalue weighted by Gasteiger charge is -2.14. The van der Waals surface area contributed by atoms with Gasteiger partial charge in [0, 0.05) is 29.0 Å². The molecule has 26 heavy (non-hydrogen) atoms. The minimum atomic E-state index is 0.428. The highest BCUT2D eigenvalue weighted by molar-refractivity contribution is 6.32. The second-order valence-corrected chi connectivity index (χ2v) is 6.06. The summed E-state index contributed by atoms with van der Waals surface area (Å²) in [5.41, 5.74) is 1.46. The molecule has 0 radical (unpaired) electrons. The monoisotopic (exact) mass is 390 g/mol. The summed E-state index contributed by atoms with van der Waals surface area (Å²) in [6.45, 7) is 0. The maximum Gasteiger partial charge on any atom is 0.229 e. The van der Waals surface area contributed by atoms with Crippen molar-refractivity contribution in [3.63, 3.8) is 0 Å². The Morgan fingerprint density at radius 3 is 2.46 bits per heavy atom. The van der Waals surface area contributed by atoms with E-state index in [2.05, 4.69) is 20.6 Å². The van der Waals surface area contributed by atoms with Crippen molar-refractivity contribution in [3.8, 4) is 11.5 Å². The highest BCUT2D eigenvalue weighted by atomic mass is 35.5. The maximum atomic E-state index is 6.13. The summed E-state index contributed by atoms with van der Waals surface area (Å²) in [5, 5.41) is 7.38. The first-order valence-corrected chi connectivity index (χ1v) is 8.39. The predicted molar refractivity (Wildman–Crippen MR) is 105 cm³/mol. The fourth-order valence-corrected chi connectivity index (χ4v) is 2.70. The molecule has 6 nitrogen and oxygen atoms in total. The molecule has 0 atom stereocenters. The highest BCUT2D eigenvalue weighted by Gasteiger charge is 2.11. The lowest BCUT2D eigenvalue weighted by molar-refractivity contribution is 0.405. The molecule has 2 aromatic carbocycles. The maximum absolute atomic E-state index is 6.13. The van der Waals surface area contributed by atoms with Gasteiger partial charge in [-0.1, -0.05) is 29.3 Å². The van der Waals surface area contributed by atoms with Crippen LogP contribution in [0.1, 0.15) is 0 Å². The number of ether oxygens (including phenoxy) is 2. The third-order valence-corrected chi connectivity index (χ3v) is 4.00. The van der Waals surface area contributed by atoms with E-state index in [-0.39, 0.29) is 0 Å². The van der Waals surface area contributed by atoms with Crippen molar-refractivity contribution < 1.29 is 9.47 Å². The second kappa shape index (κ2) is 8.12. The Hall–Kier alpha value is -2.70. The van der Waals surface area contributed by atoms with E-state index in [9.17, 15) is 0 Å². The van der Waals surface area contributed by atoms with Gasteiger partial charge in [-0.25, -0.2) is 4.98 Å². The van der Waals surface area contributed by atoms with Crippen LogP contribution >= 0.6 is 23.2 Å². The first kappa shape index (κ1) is 18.1. The quantitative estimate of drug-likeness (QED) is 0.595. The van der Waals surface area contributed by atoms with Crippen molar-refractivity contribution in [3.05, 3.63) is 58.7 Å². The van der Waals surface area contributed by atoms with Crippen LogP contribution in [0.15, 0.2) is 48.7 Å². The number of rotatable bonds is 6. The molecule has 0 saturated heterocycles. The van der Waals surface area contributed by atoms with E-state index in [1.54, 1.807) is 50.7 Å². The van der Waals surface area contributed by atoms with Gasteiger partial charge in [0.25, 0.3) is 0 Å². The van der Waals surface area contributed by atoms with Gasteiger partial charge in [-0.2, -0.15) is 4.98 Å². The highest BCUT2D eigenvalue weighted by Crippen LogP contribution is 2.37. The molecule has 0 aliphatic carbocycles. The standard InChI is InChI=1S/C18H16Cl2N4O2/c1-25-15-10-14(16(26-2)9-13(15)20)23-17-6-7-21-18(24-17)22-12-5-3-4-11(19)8-12/h3-10H,1-2H3,(H2,21,22,23,24). The summed E-state index contributed by atoms with van der Waals surface area (Å²) in [7, 11) is 3.12. The fourth-order valence-electron chi connectivity index (χ4n) is 2.28. The number of nitrogens with zero attached hydrogens (tertiary/aromatic N) is 2. The van der Waals surface area contributed by atoms with Gasteiger partial charge in [-0.15, -0.1) is 0 Å². The molecule has 3 rings (SSSR count). The third-order valence-electron chi connectivity index (χ3n) is 3.47. The number of benzene rings is 2. The third kappa shape index (κ3) is 4.28. The van der Waals surface area contributed by atoms with Crippen LogP contribution in [-0.2, 0) is 0 Å². The zero-order chi connectivity index (χ0) is 18.5. The first-order valence-electron chi connectivity index (χ1n) is 7.63. The molecule has 1 aromatic heterocycles. The minimum Gasteiger partial charge on any atom is -0.495 e. The zero-order valence-electron chi connectivity index (χ0n) is 14.1.